The van der Waals surface area contributed by atoms with Crippen molar-refractivity contribution in [3.63, 3.8) is 0 Å². The van der Waals surface area contributed by atoms with Gasteiger partial charge in [0.1, 0.15) is 10.3 Å². The summed E-state index contributed by atoms with van der Waals surface area (Å²) in [6, 6.07) is 7.35. The Balaban J connectivity index is 0.000000371. The van der Waals surface area contributed by atoms with E-state index in [0.717, 1.165) is 36.4 Å². The van der Waals surface area contributed by atoms with E-state index in [2.05, 4.69) is 20.6 Å². The van der Waals surface area contributed by atoms with Gasteiger partial charge in [-0.2, -0.15) is 0 Å². The molecule has 0 amide bonds. The summed E-state index contributed by atoms with van der Waals surface area (Å²) in [5, 5.41) is 28.4. The van der Waals surface area contributed by atoms with E-state index < -0.39 is 9.85 Å². The molecule has 2 aromatic rings. The number of halogens is 2. The molecule has 10 nitrogen and oxygen atoms in total. The van der Waals surface area contributed by atoms with Gasteiger partial charge in [-0.05, 0) is 49.9 Å². The second-order valence-corrected chi connectivity index (χ2v) is 9.29. The van der Waals surface area contributed by atoms with Crippen LogP contribution in [0.4, 0.5) is 0 Å². The lowest BCUT2D eigenvalue weighted by atomic mass is 9.99. The maximum absolute atomic E-state index is 10.7. The van der Waals surface area contributed by atoms with Crippen LogP contribution in [-0.4, -0.2) is 31.9 Å². The molecule has 3 atom stereocenters. The van der Waals surface area contributed by atoms with Crippen LogP contribution >= 0.6 is 23.2 Å². The van der Waals surface area contributed by atoms with Crippen molar-refractivity contribution in [2.75, 3.05) is 0 Å². The third-order valence-corrected chi connectivity index (χ3v) is 5.92. The SMILES string of the molecule is CCC(C)N/C(=C\[N+](=O)[O-])C(C)c1ccc(Cl)nc1.CCC(C)N/C(=C\[N+](=O)[O-])Cc1ccc(Cl)nc1. The minimum atomic E-state index is -0.450. The highest BCUT2D eigenvalue weighted by molar-refractivity contribution is 6.29. The molecular weight excluding hydrogens is 519 g/mol. The van der Waals surface area contributed by atoms with Crippen LogP contribution in [0.3, 0.4) is 0 Å². The highest BCUT2D eigenvalue weighted by atomic mass is 35.5. The normalized spacial score (nSPS) is 14.0. The van der Waals surface area contributed by atoms with Crippen LogP contribution in [0.2, 0.25) is 10.3 Å². The highest BCUT2D eigenvalue weighted by Crippen LogP contribution is 2.23. The van der Waals surface area contributed by atoms with Gasteiger partial charge in [-0.1, -0.05) is 56.1 Å². The molecule has 0 aromatic carbocycles. The van der Waals surface area contributed by atoms with E-state index in [1.54, 1.807) is 30.6 Å². The van der Waals surface area contributed by atoms with Crippen molar-refractivity contribution in [2.45, 2.75) is 71.9 Å². The Morgan fingerprint density at radius 2 is 1.43 bits per heavy atom. The Kier molecular flexibility index (Phi) is 14.2. The molecule has 0 bridgehead atoms. The van der Waals surface area contributed by atoms with Gasteiger partial charge in [-0.3, -0.25) is 20.2 Å². The second kappa shape index (κ2) is 16.5. The van der Waals surface area contributed by atoms with E-state index in [1.807, 2.05) is 40.7 Å². The molecule has 2 rings (SSSR count). The van der Waals surface area contributed by atoms with Crippen molar-refractivity contribution in [3.8, 4) is 0 Å². The summed E-state index contributed by atoms with van der Waals surface area (Å²) < 4.78 is 0. The number of hydrogen-bond acceptors (Lipinski definition) is 8. The van der Waals surface area contributed by atoms with E-state index in [4.69, 9.17) is 23.2 Å². The van der Waals surface area contributed by atoms with E-state index in [-0.39, 0.29) is 18.0 Å². The Labute approximate surface area is 227 Å². The predicted molar refractivity (Wildman–Crippen MR) is 147 cm³/mol. The van der Waals surface area contributed by atoms with Gasteiger partial charge in [0.25, 0.3) is 12.4 Å². The van der Waals surface area contributed by atoms with Crippen molar-refractivity contribution >= 4 is 23.2 Å². The van der Waals surface area contributed by atoms with E-state index in [1.165, 1.54) is 0 Å². The van der Waals surface area contributed by atoms with Gasteiger partial charge < -0.3 is 10.6 Å². The zero-order valence-corrected chi connectivity index (χ0v) is 23.2. The molecule has 2 aromatic heterocycles. The number of allylic oxidation sites excluding steroid dienone is 2. The molecule has 12 heteroatoms. The third-order valence-electron chi connectivity index (χ3n) is 5.48. The zero-order chi connectivity index (χ0) is 28.0. The highest BCUT2D eigenvalue weighted by Gasteiger charge is 2.17. The fraction of sp³-hybridized carbons (Fsp3) is 0.440. The third kappa shape index (κ3) is 13.0. The van der Waals surface area contributed by atoms with Gasteiger partial charge in [0, 0.05) is 36.8 Å². The molecule has 3 unspecified atom stereocenters. The van der Waals surface area contributed by atoms with Gasteiger partial charge in [-0.25, -0.2) is 9.97 Å². The molecule has 0 aliphatic heterocycles. The minimum absolute atomic E-state index is 0.135. The largest absolute Gasteiger partial charge is 0.381 e. The Morgan fingerprint density at radius 1 is 0.892 bits per heavy atom. The first kappa shape index (κ1) is 31.8. The number of nitrogens with one attached hydrogen (secondary N) is 2. The average Bonchev–Trinajstić information content (AvgIpc) is 2.84. The molecule has 2 heterocycles. The number of aromatic nitrogens is 2. The van der Waals surface area contributed by atoms with Crippen LogP contribution in [0.25, 0.3) is 0 Å². The molecule has 0 radical (unpaired) electrons. The minimum Gasteiger partial charge on any atom is -0.381 e. The Morgan fingerprint density at radius 3 is 1.89 bits per heavy atom. The summed E-state index contributed by atoms with van der Waals surface area (Å²) in [6.07, 6.45) is 7.50. The molecule has 0 aliphatic rings. The van der Waals surface area contributed by atoms with Crippen LogP contribution < -0.4 is 10.6 Å². The van der Waals surface area contributed by atoms with Crippen LogP contribution in [0, 0.1) is 20.2 Å². The molecular formula is C25H34Cl2N6O4. The lowest BCUT2D eigenvalue weighted by molar-refractivity contribution is -0.404. The fourth-order valence-electron chi connectivity index (χ4n) is 3.01. The molecule has 37 heavy (non-hydrogen) atoms. The number of pyridine rings is 2. The van der Waals surface area contributed by atoms with Crippen LogP contribution in [0.15, 0.2) is 60.5 Å². The van der Waals surface area contributed by atoms with Crippen LogP contribution in [-0.2, 0) is 6.42 Å². The standard InChI is InChI=1S/C13H18ClN3O2.C12H16ClN3O2/c1-4-9(2)16-12(8-17(18)19)10(3)11-5-6-13(14)15-7-11;1-3-9(2)15-11(8-16(17)18)6-10-4-5-12(13)14-7-10/h5-10,16H,4H2,1-3H3;4-5,7-9,15H,3,6H2,1-2H3/b12-8-;11-8-. The summed E-state index contributed by atoms with van der Waals surface area (Å²) >= 11 is 11.4. The molecule has 202 valence electrons. The Bertz CT molecular complexity index is 1060. The van der Waals surface area contributed by atoms with Gasteiger partial charge in [0.2, 0.25) is 0 Å². The second-order valence-electron chi connectivity index (χ2n) is 8.52. The molecule has 0 spiro atoms. The van der Waals surface area contributed by atoms with Gasteiger partial charge in [-0.15, -0.1) is 0 Å². The smallest absolute Gasteiger partial charge is 0.253 e. The van der Waals surface area contributed by atoms with Gasteiger partial charge in [0.05, 0.1) is 21.2 Å². The summed E-state index contributed by atoms with van der Waals surface area (Å²) in [4.78, 5) is 28.4. The van der Waals surface area contributed by atoms with Crippen molar-refractivity contribution in [2.24, 2.45) is 0 Å². The van der Waals surface area contributed by atoms with Crippen molar-refractivity contribution < 1.29 is 9.85 Å². The topological polar surface area (TPSA) is 136 Å². The fourth-order valence-corrected chi connectivity index (χ4v) is 3.23. The quantitative estimate of drug-likeness (QED) is 0.182. The number of nitrogens with zero attached hydrogens (tertiary/aromatic N) is 4. The number of rotatable bonds is 12. The first-order chi connectivity index (χ1) is 17.4. The van der Waals surface area contributed by atoms with Crippen LogP contribution in [0.5, 0.6) is 0 Å². The molecule has 0 aliphatic carbocycles. The van der Waals surface area contributed by atoms with Crippen molar-refractivity contribution in [1.29, 1.82) is 0 Å². The monoisotopic (exact) mass is 552 g/mol. The lowest BCUT2D eigenvalue weighted by Gasteiger charge is -2.20. The van der Waals surface area contributed by atoms with E-state index in [0.29, 0.717) is 28.1 Å². The first-order valence-electron chi connectivity index (χ1n) is 11.9. The average molecular weight is 553 g/mol. The maximum Gasteiger partial charge on any atom is 0.253 e. The summed E-state index contributed by atoms with van der Waals surface area (Å²) in [5.41, 5.74) is 2.90. The summed E-state index contributed by atoms with van der Waals surface area (Å²) in [7, 11) is 0. The van der Waals surface area contributed by atoms with Crippen molar-refractivity contribution in [1.82, 2.24) is 20.6 Å². The Hall–Kier alpha value is -3.24. The maximum atomic E-state index is 10.7. The molecule has 0 saturated carbocycles. The van der Waals surface area contributed by atoms with Crippen LogP contribution in [0.1, 0.15) is 64.5 Å². The lowest BCUT2D eigenvalue weighted by Crippen LogP contribution is -2.28. The molecule has 0 saturated heterocycles. The van der Waals surface area contributed by atoms with Crippen molar-refractivity contribution in [3.05, 3.63) is 102 Å². The number of hydrogen-bond donors (Lipinski definition) is 2. The zero-order valence-electron chi connectivity index (χ0n) is 21.6. The van der Waals surface area contributed by atoms with Gasteiger partial charge >= 0.3 is 0 Å². The van der Waals surface area contributed by atoms with E-state index >= 15 is 0 Å². The first-order valence-corrected chi connectivity index (χ1v) is 12.6. The van der Waals surface area contributed by atoms with E-state index in [9.17, 15) is 20.2 Å². The predicted octanol–water partition coefficient (Wildman–Crippen LogP) is 6.13. The molecule has 0 fully saturated rings. The summed E-state index contributed by atoms with van der Waals surface area (Å²) in [5.74, 6) is -0.135. The van der Waals surface area contributed by atoms with Gasteiger partial charge in [0.15, 0.2) is 0 Å². The molecule has 2 N–H and O–H groups in total. The summed E-state index contributed by atoms with van der Waals surface area (Å²) in [6.45, 7) is 9.91. The number of nitro groups is 2.